The van der Waals surface area contributed by atoms with E-state index in [0.717, 1.165) is 0 Å². The Balaban J connectivity index is 2.16. The summed E-state index contributed by atoms with van der Waals surface area (Å²) in [6.07, 6.45) is 0. The van der Waals surface area contributed by atoms with Gasteiger partial charge in [-0.05, 0) is 43.7 Å². The fourth-order valence-electron chi connectivity index (χ4n) is 3.27. The Labute approximate surface area is 169 Å². The summed E-state index contributed by atoms with van der Waals surface area (Å²) in [5.74, 6) is 0.816. The molecule has 0 fully saturated rings. The molecule has 0 saturated heterocycles. The minimum atomic E-state index is -0.388. The molecule has 3 rings (SSSR count). The number of ether oxygens (including phenoxy) is 3. The smallest absolute Gasteiger partial charge is 0.278 e. The molecule has 0 unspecified atom stereocenters. The number of hydrogen-bond donors (Lipinski definition) is 1. The monoisotopic (exact) mass is 396 g/mol. The Bertz CT molecular complexity index is 981. The van der Waals surface area contributed by atoms with Crippen LogP contribution in [0.5, 0.6) is 17.2 Å². The summed E-state index contributed by atoms with van der Waals surface area (Å²) in [5.41, 5.74) is 1.62. The number of nitrogens with one attached hydrogen (secondary N) is 1. The molecule has 0 spiro atoms. The lowest BCUT2D eigenvalue weighted by atomic mass is 10.0. The molecule has 152 valence electrons. The van der Waals surface area contributed by atoms with Crippen LogP contribution in [0.15, 0.2) is 48.2 Å². The van der Waals surface area contributed by atoms with Gasteiger partial charge in [-0.2, -0.15) is 0 Å². The number of nitrogens with zero attached hydrogens (tertiary/aromatic N) is 1. The van der Waals surface area contributed by atoms with Crippen molar-refractivity contribution in [3.63, 3.8) is 0 Å². The summed E-state index contributed by atoms with van der Waals surface area (Å²) in [6.45, 7) is 3.60. The van der Waals surface area contributed by atoms with Gasteiger partial charge in [0.15, 0.2) is 11.5 Å². The van der Waals surface area contributed by atoms with Crippen LogP contribution in [0, 0.1) is 0 Å². The first-order valence-electron chi connectivity index (χ1n) is 9.17. The van der Waals surface area contributed by atoms with Crippen molar-refractivity contribution in [2.24, 2.45) is 0 Å². The quantitative estimate of drug-likeness (QED) is 0.724. The zero-order valence-electron chi connectivity index (χ0n) is 17.1. The fourth-order valence-corrected chi connectivity index (χ4v) is 3.27. The van der Waals surface area contributed by atoms with E-state index < -0.39 is 0 Å². The molecule has 1 heterocycles. The second kappa shape index (κ2) is 8.26. The molecule has 1 aliphatic rings. The fraction of sp³-hybridized carbons (Fsp3) is 0.273. The van der Waals surface area contributed by atoms with Crippen LogP contribution in [0.25, 0.3) is 5.57 Å². The second-order valence-corrected chi connectivity index (χ2v) is 6.72. The highest BCUT2D eigenvalue weighted by Crippen LogP contribution is 2.37. The number of methoxy groups -OCH3 is 3. The van der Waals surface area contributed by atoms with Crippen molar-refractivity contribution in [3.8, 4) is 17.2 Å². The first-order chi connectivity index (χ1) is 13.9. The molecule has 0 atom stereocenters. The minimum absolute atomic E-state index is 0.195. The van der Waals surface area contributed by atoms with Crippen molar-refractivity contribution in [2.45, 2.75) is 19.9 Å². The van der Waals surface area contributed by atoms with Crippen molar-refractivity contribution in [2.75, 3.05) is 26.6 Å². The van der Waals surface area contributed by atoms with Crippen molar-refractivity contribution >= 4 is 23.1 Å². The highest BCUT2D eigenvalue weighted by atomic mass is 16.5. The van der Waals surface area contributed by atoms with Crippen LogP contribution < -0.4 is 19.5 Å². The predicted octanol–water partition coefficient (Wildman–Crippen LogP) is 3.31. The summed E-state index contributed by atoms with van der Waals surface area (Å²) in [6, 6.07) is 12.1. The van der Waals surface area contributed by atoms with Crippen LogP contribution >= 0.6 is 0 Å². The minimum Gasteiger partial charge on any atom is -0.495 e. The SMILES string of the molecule is COc1ccccc1NC1=C(c2ccc(OC)c(OC)c2)C(=O)N(C(C)C)C1=O. The topological polar surface area (TPSA) is 77.1 Å². The van der Waals surface area contributed by atoms with E-state index in [1.807, 2.05) is 12.1 Å². The average molecular weight is 396 g/mol. The maximum Gasteiger partial charge on any atom is 0.278 e. The number of carbonyl (C=O) groups excluding carboxylic acids is 2. The molecular formula is C22H24N2O5. The molecule has 7 heteroatoms. The van der Waals surface area contributed by atoms with Crippen molar-refractivity contribution < 1.29 is 23.8 Å². The number of para-hydroxylation sites is 2. The van der Waals surface area contributed by atoms with Crippen LogP contribution in [-0.4, -0.2) is 44.1 Å². The maximum absolute atomic E-state index is 13.2. The van der Waals surface area contributed by atoms with Crippen LogP contribution in [-0.2, 0) is 9.59 Å². The Morgan fingerprint density at radius 1 is 0.828 bits per heavy atom. The molecule has 0 radical (unpaired) electrons. The van der Waals surface area contributed by atoms with E-state index in [9.17, 15) is 9.59 Å². The molecule has 1 aliphatic heterocycles. The van der Waals surface area contributed by atoms with Crippen molar-refractivity contribution in [3.05, 3.63) is 53.7 Å². The van der Waals surface area contributed by atoms with E-state index in [2.05, 4.69) is 5.32 Å². The third-order valence-electron chi connectivity index (χ3n) is 4.67. The van der Waals surface area contributed by atoms with E-state index >= 15 is 0 Å². The van der Waals surface area contributed by atoms with Crippen molar-refractivity contribution in [1.29, 1.82) is 0 Å². The molecule has 0 saturated carbocycles. The normalized spacial score (nSPS) is 13.9. The molecule has 29 heavy (non-hydrogen) atoms. The molecule has 0 bridgehead atoms. The Kier molecular flexibility index (Phi) is 5.77. The van der Waals surface area contributed by atoms with Gasteiger partial charge in [-0.3, -0.25) is 14.5 Å². The average Bonchev–Trinajstić information content (AvgIpc) is 2.97. The number of imide groups is 1. The molecule has 0 aliphatic carbocycles. The van der Waals surface area contributed by atoms with Gasteiger partial charge in [0.1, 0.15) is 11.4 Å². The van der Waals surface area contributed by atoms with Gasteiger partial charge >= 0.3 is 0 Å². The summed E-state index contributed by atoms with van der Waals surface area (Å²) < 4.78 is 16.0. The Morgan fingerprint density at radius 2 is 1.48 bits per heavy atom. The summed E-state index contributed by atoms with van der Waals surface area (Å²) in [5, 5.41) is 3.11. The van der Waals surface area contributed by atoms with E-state index in [-0.39, 0.29) is 29.1 Å². The number of carbonyl (C=O) groups is 2. The molecule has 1 N–H and O–H groups in total. The zero-order chi connectivity index (χ0) is 21.1. The molecular weight excluding hydrogens is 372 g/mol. The molecule has 2 aromatic rings. The number of amides is 2. The molecule has 0 aromatic heterocycles. The van der Waals surface area contributed by atoms with E-state index in [1.165, 1.54) is 19.1 Å². The predicted molar refractivity (Wildman–Crippen MR) is 110 cm³/mol. The number of hydrogen-bond acceptors (Lipinski definition) is 6. The number of benzene rings is 2. The second-order valence-electron chi connectivity index (χ2n) is 6.72. The van der Waals surface area contributed by atoms with E-state index in [0.29, 0.717) is 28.5 Å². The van der Waals surface area contributed by atoms with E-state index in [1.54, 1.807) is 51.3 Å². The van der Waals surface area contributed by atoms with Gasteiger partial charge in [0.05, 0.1) is 32.6 Å². The van der Waals surface area contributed by atoms with Gasteiger partial charge in [0, 0.05) is 6.04 Å². The third kappa shape index (κ3) is 3.63. The number of anilines is 1. The Hall–Kier alpha value is -3.48. The van der Waals surface area contributed by atoms with Gasteiger partial charge in [-0.1, -0.05) is 18.2 Å². The Morgan fingerprint density at radius 3 is 2.10 bits per heavy atom. The molecule has 2 aromatic carbocycles. The van der Waals surface area contributed by atoms with Gasteiger partial charge in [-0.15, -0.1) is 0 Å². The summed E-state index contributed by atoms with van der Waals surface area (Å²) in [4.78, 5) is 27.5. The van der Waals surface area contributed by atoms with Crippen LogP contribution in [0.2, 0.25) is 0 Å². The van der Waals surface area contributed by atoms with Gasteiger partial charge in [0.25, 0.3) is 11.8 Å². The van der Waals surface area contributed by atoms with Crippen molar-refractivity contribution in [1.82, 2.24) is 4.90 Å². The summed E-state index contributed by atoms with van der Waals surface area (Å²) in [7, 11) is 4.61. The maximum atomic E-state index is 13.2. The van der Waals surface area contributed by atoms with Gasteiger partial charge in [-0.25, -0.2) is 0 Å². The molecule has 2 amide bonds. The number of rotatable bonds is 7. The first-order valence-corrected chi connectivity index (χ1v) is 9.17. The molecule has 7 nitrogen and oxygen atoms in total. The zero-order valence-corrected chi connectivity index (χ0v) is 17.1. The lowest BCUT2D eigenvalue weighted by Gasteiger charge is -2.19. The van der Waals surface area contributed by atoms with Crippen LogP contribution in [0.4, 0.5) is 5.69 Å². The lowest BCUT2D eigenvalue weighted by molar-refractivity contribution is -0.138. The van der Waals surface area contributed by atoms with Gasteiger partial charge in [0.2, 0.25) is 0 Å². The first kappa shape index (κ1) is 20.3. The standard InChI is InChI=1S/C22H24N2O5/c1-13(2)24-21(25)19(14-10-11-17(28-4)18(12-14)29-5)20(22(24)26)23-15-8-6-7-9-16(15)27-3/h6-13,23H,1-5H3. The highest BCUT2D eigenvalue weighted by Gasteiger charge is 2.41. The van der Waals surface area contributed by atoms with Gasteiger partial charge < -0.3 is 19.5 Å². The third-order valence-corrected chi connectivity index (χ3v) is 4.67. The highest BCUT2D eigenvalue weighted by molar-refractivity contribution is 6.36. The van der Waals surface area contributed by atoms with E-state index in [4.69, 9.17) is 14.2 Å². The largest absolute Gasteiger partial charge is 0.495 e. The van der Waals surface area contributed by atoms with Crippen LogP contribution in [0.1, 0.15) is 19.4 Å². The lowest BCUT2D eigenvalue weighted by Crippen LogP contribution is -2.38. The summed E-state index contributed by atoms with van der Waals surface area (Å²) >= 11 is 0. The van der Waals surface area contributed by atoms with Crippen LogP contribution in [0.3, 0.4) is 0 Å².